The maximum Gasteiger partial charge on any atom is 0.229 e. The molecular formula is C26H22ClNO3S. The zero-order valence-electron chi connectivity index (χ0n) is 17.5. The fraction of sp³-hybridized carbons (Fsp3) is 0.0769. The number of sulfonamides is 1. The van der Waals surface area contributed by atoms with Gasteiger partial charge in [-0.2, -0.15) is 0 Å². The molecule has 1 N–H and O–H groups in total. The lowest BCUT2D eigenvalue weighted by Crippen LogP contribution is -2.09. The van der Waals surface area contributed by atoms with Gasteiger partial charge >= 0.3 is 0 Å². The van der Waals surface area contributed by atoms with E-state index in [1.807, 2.05) is 91.0 Å². The Morgan fingerprint density at radius 3 is 2.25 bits per heavy atom. The van der Waals surface area contributed by atoms with Gasteiger partial charge in [0.2, 0.25) is 10.0 Å². The van der Waals surface area contributed by atoms with E-state index in [9.17, 15) is 8.42 Å². The van der Waals surface area contributed by atoms with Crippen LogP contribution in [0.5, 0.6) is 5.75 Å². The van der Waals surface area contributed by atoms with Crippen LogP contribution in [-0.4, -0.2) is 14.7 Å². The molecule has 162 valence electrons. The highest BCUT2D eigenvalue weighted by Gasteiger charge is 2.14. The third-order valence-electron chi connectivity index (χ3n) is 4.87. The average molecular weight is 464 g/mol. The van der Waals surface area contributed by atoms with Gasteiger partial charge in [-0.3, -0.25) is 4.72 Å². The van der Waals surface area contributed by atoms with Crippen LogP contribution in [0.2, 0.25) is 5.02 Å². The first-order chi connectivity index (χ1) is 15.4. The van der Waals surface area contributed by atoms with E-state index in [4.69, 9.17) is 16.3 Å². The lowest BCUT2D eigenvalue weighted by molar-refractivity contribution is 0.307. The zero-order valence-corrected chi connectivity index (χ0v) is 19.0. The van der Waals surface area contributed by atoms with E-state index in [2.05, 4.69) is 4.72 Å². The summed E-state index contributed by atoms with van der Waals surface area (Å²) in [6.07, 6.45) is 1.13. The SMILES string of the molecule is CS(=O)(=O)Nc1cccc(-c2ccccc2-c2cc(Cl)ccc2OCc2ccccc2)c1. The molecule has 0 aliphatic carbocycles. The summed E-state index contributed by atoms with van der Waals surface area (Å²) in [5.41, 5.74) is 5.20. The third kappa shape index (κ3) is 5.49. The molecule has 0 fully saturated rings. The van der Waals surface area contributed by atoms with Crippen LogP contribution in [0.25, 0.3) is 22.3 Å². The summed E-state index contributed by atoms with van der Waals surface area (Å²) in [4.78, 5) is 0. The van der Waals surface area contributed by atoms with Crippen molar-refractivity contribution in [3.8, 4) is 28.0 Å². The Labute approximate surface area is 193 Å². The first-order valence-corrected chi connectivity index (χ1v) is 12.3. The summed E-state index contributed by atoms with van der Waals surface area (Å²) < 4.78 is 32.0. The van der Waals surface area contributed by atoms with Gasteiger partial charge in [0.15, 0.2) is 0 Å². The summed E-state index contributed by atoms with van der Waals surface area (Å²) >= 11 is 6.35. The molecule has 0 aliphatic rings. The van der Waals surface area contributed by atoms with Crippen molar-refractivity contribution in [2.75, 3.05) is 11.0 Å². The molecule has 0 saturated carbocycles. The average Bonchev–Trinajstić information content (AvgIpc) is 2.78. The van der Waals surface area contributed by atoms with Crippen LogP contribution in [-0.2, 0) is 16.6 Å². The third-order valence-corrected chi connectivity index (χ3v) is 5.71. The van der Waals surface area contributed by atoms with E-state index in [0.717, 1.165) is 39.8 Å². The van der Waals surface area contributed by atoms with Gasteiger partial charge in [0.25, 0.3) is 0 Å². The Morgan fingerprint density at radius 1 is 0.781 bits per heavy atom. The maximum absolute atomic E-state index is 11.7. The summed E-state index contributed by atoms with van der Waals surface area (Å²) in [5, 5.41) is 0.606. The second-order valence-electron chi connectivity index (χ2n) is 7.42. The minimum atomic E-state index is -3.37. The molecule has 4 nitrogen and oxygen atoms in total. The van der Waals surface area contributed by atoms with Crippen LogP contribution in [0.15, 0.2) is 97.1 Å². The molecule has 4 aromatic carbocycles. The van der Waals surface area contributed by atoms with Crippen molar-refractivity contribution in [3.63, 3.8) is 0 Å². The van der Waals surface area contributed by atoms with Crippen molar-refractivity contribution in [2.45, 2.75) is 6.61 Å². The topological polar surface area (TPSA) is 55.4 Å². The highest BCUT2D eigenvalue weighted by molar-refractivity contribution is 7.92. The second-order valence-corrected chi connectivity index (χ2v) is 9.60. The van der Waals surface area contributed by atoms with Gasteiger partial charge in [0.1, 0.15) is 12.4 Å². The zero-order chi connectivity index (χ0) is 22.6. The first kappa shape index (κ1) is 21.9. The molecule has 32 heavy (non-hydrogen) atoms. The molecule has 0 bridgehead atoms. The second kappa shape index (κ2) is 9.47. The van der Waals surface area contributed by atoms with E-state index in [-0.39, 0.29) is 0 Å². The number of anilines is 1. The highest BCUT2D eigenvalue weighted by Crippen LogP contribution is 2.39. The van der Waals surface area contributed by atoms with E-state index in [0.29, 0.717) is 17.3 Å². The van der Waals surface area contributed by atoms with Gasteiger partial charge in [-0.05, 0) is 52.6 Å². The van der Waals surface area contributed by atoms with E-state index in [1.165, 1.54) is 0 Å². The Morgan fingerprint density at radius 2 is 1.50 bits per heavy atom. The Bertz CT molecular complexity index is 1340. The monoisotopic (exact) mass is 463 g/mol. The van der Waals surface area contributed by atoms with Crippen molar-refractivity contribution in [2.24, 2.45) is 0 Å². The molecule has 0 radical (unpaired) electrons. The van der Waals surface area contributed by atoms with Gasteiger partial charge in [-0.15, -0.1) is 0 Å². The minimum Gasteiger partial charge on any atom is -0.488 e. The molecular weight excluding hydrogens is 442 g/mol. The van der Waals surface area contributed by atoms with Gasteiger partial charge < -0.3 is 4.74 Å². The van der Waals surface area contributed by atoms with Gasteiger partial charge in [-0.25, -0.2) is 8.42 Å². The summed E-state index contributed by atoms with van der Waals surface area (Å²) in [7, 11) is -3.37. The van der Waals surface area contributed by atoms with E-state index >= 15 is 0 Å². The van der Waals surface area contributed by atoms with Crippen molar-refractivity contribution in [3.05, 3.63) is 108 Å². The molecule has 0 atom stereocenters. The largest absolute Gasteiger partial charge is 0.488 e. The van der Waals surface area contributed by atoms with Gasteiger partial charge in [0.05, 0.1) is 6.26 Å². The minimum absolute atomic E-state index is 0.436. The van der Waals surface area contributed by atoms with Crippen LogP contribution in [0.3, 0.4) is 0 Å². The number of rotatable bonds is 7. The van der Waals surface area contributed by atoms with Crippen molar-refractivity contribution in [1.82, 2.24) is 0 Å². The predicted molar refractivity (Wildman–Crippen MR) is 132 cm³/mol. The molecule has 0 unspecified atom stereocenters. The fourth-order valence-electron chi connectivity index (χ4n) is 3.51. The number of hydrogen-bond donors (Lipinski definition) is 1. The van der Waals surface area contributed by atoms with Crippen molar-refractivity contribution >= 4 is 27.3 Å². The van der Waals surface area contributed by atoms with Crippen molar-refractivity contribution in [1.29, 1.82) is 0 Å². The quantitative estimate of drug-likeness (QED) is 0.335. The number of ether oxygens (including phenoxy) is 1. The van der Waals surface area contributed by atoms with Crippen LogP contribution in [0.1, 0.15) is 5.56 Å². The molecule has 0 heterocycles. The maximum atomic E-state index is 11.7. The standard InChI is InChI=1S/C26H22ClNO3S/c1-32(29,30)28-22-11-7-10-20(16-22)23-12-5-6-13-24(23)25-17-21(27)14-15-26(25)31-18-19-8-3-2-4-9-19/h2-17,28H,18H2,1H3. The molecule has 4 aromatic rings. The van der Waals surface area contributed by atoms with Crippen molar-refractivity contribution < 1.29 is 13.2 Å². The van der Waals surface area contributed by atoms with E-state index in [1.54, 1.807) is 6.07 Å². The Balaban J connectivity index is 1.75. The summed E-state index contributed by atoms with van der Waals surface area (Å²) in [6, 6.07) is 30.8. The van der Waals surface area contributed by atoms with E-state index < -0.39 is 10.0 Å². The normalized spacial score (nSPS) is 11.2. The number of halogens is 1. The summed E-state index contributed by atoms with van der Waals surface area (Å²) in [5.74, 6) is 0.719. The molecule has 0 saturated heterocycles. The molecule has 0 aliphatic heterocycles. The number of nitrogens with one attached hydrogen (secondary N) is 1. The lowest BCUT2D eigenvalue weighted by atomic mass is 9.94. The van der Waals surface area contributed by atoms with Crippen LogP contribution in [0, 0.1) is 0 Å². The van der Waals surface area contributed by atoms with Crippen LogP contribution >= 0.6 is 11.6 Å². The highest BCUT2D eigenvalue weighted by atomic mass is 35.5. The molecule has 6 heteroatoms. The fourth-order valence-corrected chi connectivity index (χ4v) is 4.24. The molecule has 0 spiro atoms. The Kier molecular flexibility index (Phi) is 6.49. The Hall–Kier alpha value is -3.28. The van der Waals surface area contributed by atoms with Gasteiger partial charge in [-0.1, -0.05) is 78.3 Å². The first-order valence-electron chi connectivity index (χ1n) is 10.0. The molecule has 0 amide bonds. The smallest absolute Gasteiger partial charge is 0.229 e. The molecule has 4 rings (SSSR count). The lowest BCUT2D eigenvalue weighted by Gasteiger charge is -2.16. The van der Waals surface area contributed by atoms with Gasteiger partial charge in [0, 0.05) is 16.3 Å². The number of benzene rings is 4. The summed E-state index contributed by atoms with van der Waals surface area (Å²) in [6.45, 7) is 0.436. The predicted octanol–water partition coefficient (Wildman–Crippen LogP) is 6.62. The molecule has 0 aromatic heterocycles. The van der Waals surface area contributed by atoms with Crippen LogP contribution < -0.4 is 9.46 Å². The number of hydrogen-bond acceptors (Lipinski definition) is 3. The van der Waals surface area contributed by atoms with Crippen LogP contribution in [0.4, 0.5) is 5.69 Å².